The molecular weight excluding hydrogens is 194 g/mol. The maximum atomic E-state index is 8.57. The molecule has 10 heavy (non-hydrogen) atoms. The van der Waals surface area contributed by atoms with Crippen LogP contribution in [0.5, 0.6) is 0 Å². The van der Waals surface area contributed by atoms with Gasteiger partial charge in [0.2, 0.25) is 0 Å². The number of hydrogen-bond acceptors (Lipinski definition) is 2. The molecule has 62 valence electrons. The van der Waals surface area contributed by atoms with Crippen molar-refractivity contribution in [2.75, 3.05) is 32.1 Å². The summed E-state index contributed by atoms with van der Waals surface area (Å²) in [5, 5.41) is 9.60. The van der Waals surface area contributed by atoms with Crippen molar-refractivity contribution in [3.8, 4) is 0 Å². The minimum absolute atomic E-state index is 0.255. The van der Waals surface area contributed by atoms with Crippen molar-refractivity contribution in [1.29, 1.82) is 0 Å². The van der Waals surface area contributed by atoms with Gasteiger partial charge in [0.25, 0.3) is 0 Å². The minimum Gasteiger partial charge on any atom is -0.395 e. The molecule has 0 rings (SSSR count). The molecule has 2 nitrogen and oxygen atoms in total. The van der Waals surface area contributed by atoms with E-state index in [9.17, 15) is 0 Å². The van der Waals surface area contributed by atoms with Gasteiger partial charge in [-0.15, -0.1) is 0 Å². The molecule has 1 N–H and O–H groups in total. The zero-order chi connectivity index (χ0) is 7.98. The fourth-order valence-electron chi connectivity index (χ4n) is 0.843. The summed E-state index contributed by atoms with van der Waals surface area (Å²) in [5.74, 6) is 0.663. The lowest BCUT2D eigenvalue weighted by atomic mass is 10.2. The standard InChI is InChI=1S/C7H16BrNO/c1-7(5-8)6-9(2)3-4-10/h7,10H,3-6H2,1-2H3. The molecule has 3 heteroatoms. The molecule has 0 fully saturated rings. The van der Waals surface area contributed by atoms with Gasteiger partial charge in [-0.1, -0.05) is 22.9 Å². The van der Waals surface area contributed by atoms with E-state index >= 15 is 0 Å². The Morgan fingerprint density at radius 1 is 1.60 bits per heavy atom. The molecule has 0 saturated carbocycles. The quantitative estimate of drug-likeness (QED) is 0.682. The predicted molar refractivity (Wildman–Crippen MR) is 47.5 cm³/mol. The van der Waals surface area contributed by atoms with Gasteiger partial charge in [-0.05, 0) is 13.0 Å². The van der Waals surface area contributed by atoms with Crippen LogP contribution in [0.1, 0.15) is 6.92 Å². The highest BCUT2D eigenvalue weighted by Gasteiger charge is 2.02. The molecule has 0 heterocycles. The Bertz CT molecular complexity index is 80.0. The molecular formula is C7H16BrNO. The van der Waals surface area contributed by atoms with Crippen molar-refractivity contribution in [3.63, 3.8) is 0 Å². The van der Waals surface area contributed by atoms with Gasteiger partial charge in [-0.3, -0.25) is 0 Å². The van der Waals surface area contributed by atoms with Gasteiger partial charge >= 0.3 is 0 Å². The topological polar surface area (TPSA) is 23.5 Å². The molecule has 0 aliphatic rings. The lowest BCUT2D eigenvalue weighted by Gasteiger charge is -2.18. The van der Waals surface area contributed by atoms with Crippen molar-refractivity contribution in [2.24, 2.45) is 5.92 Å². The van der Waals surface area contributed by atoms with Crippen molar-refractivity contribution in [3.05, 3.63) is 0 Å². The van der Waals surface area contributed by atoms with Crippen LogP contribution in [0, 0.1) is 5.92 Å². The highest BCUT2D eigenvalue weighted by Crippen LogP contribution is 2.00. The highest BCUT2D eigenvalue weighted by atomic mass is 79.9. The summed E-state index contributed by atoms with van der Waals surface area (Å²) in [7, 11) is 2.02. The number of aliphatic hydroxyl groups is 1. The van der Waals surface area contributed by atoms with E-state index in [0.717, 1.165) is 18.4 Å². The largest absolute Gasteiger partial charge is 0.395 e. The lowest BCUT2D eigenvalue weighted by molar-refractivity contribution is 0.210. The third-order valence-electron chi connectivity index (χ3n) is 1.37. The molecule has 0 aliphatic heterocycles. The molecule has 0 spiro atoms. The minimum atomic E-state index is 0.255. The van der Waals surface area contributed by atoms with Gasteiger partial charge in [-0.2, -0.15) is 0 Å². The summed E-state index contributed by atoms with van der Waals surface area (Å²) in [4.78, 5) is 2.13. The lowest BCUT2D eigenvalue weighted by Crippen LogP contribution is -2.27. The summed E-state index contributed by atoms with van der Waals surface area (Å²) in [6.07, 6.45) is 0. The first-order valence-electron chi connectivity index (χ1n) is 3.56. The van der Waals surface area contributed by atoms with Crippen LogP contribution >= 0.6 is 15.9 Å². The predicted octanol–water partition coefficient (Wildman–Crippen LogP) is 0.942. The Labute approximate surface area is 71.4 Å². The molecule has 1 atom stereocenters. The van der Waals surface area contributed by atoms with Crippen LogP contribution in [0.3, 0.4) is 0 Å². The second-order valence-electron chi connectivity index (χ2n) is 2.75. The Kier molecular flexibility index (Phi) is 6.38. The van der Waals surface area contributed by atoms with E-state index in [-0.39, 0.29) is 6.61 Å². The van der Waals surface area contributed by atoms with E-state index in [1.165, 1.54) is 0 Å². The zero-order valence-corrected chi connectivity index (χ0v) is 8.26. The first-order valence-corrected chi connectivity index (χ1v) is 4.68. The number of aliphatic hydroxyl groups excluding tert-OH is 1. The zero-order valence-electron chi connectivity index (χ0n) is 6.68. The van der Waals surface area contributed by atoms with Crippen LogP contribution in [0.25, 0.3) is 0 Å². The van der Waals surface area contributed by atoms with Crippen LogP contribution < -0.4 is 0 Å². The molecule has 0 aromatic carbocycles. The summed E-state index contributed by atoms with van der Waals surface area (Å²) >= 11 is 3.41. The maximum Gasteiger partial charge on any atom is 0.0558 e. The average molecular weight is 210 g/mol. The molecule has 0 radical (unpaired) electrons. The Morgan fingerprint density at radius 3 is 2.60 bits per heavy atom. The second-order valence-corrected chi connectivity index (χ2v) is 3.39. The van der Waals surface area contributed by atoms with Gasteiger partial charge in [0.05, 0.1) is 6.61 Å². The van der Waals surface area contributed by atoms with Gasteiger partial charge in [0.15, 0.2) is 0 Å². The van der Waals surface area contributed by atoms with Crippen molar-refractivity contribution in [1.82, 2.24) is 4.90 Å². The highest BCUT2D eigenvalue weighted by molar-refractivity contribution is 9.09. The smallest absolute Gasteiger partial charge is 0.0558 e. The van der Waals surface area contributed by atoms with E-state index in [1.807, 2.05) is 7.05 Å². The summed E-state index contributed by atoms with van der Waals surface area (Å²) in [5.41, 5.74) is 0. The normalized spacial score (nSPS) is 14.1. The van der Waals surface area contributed by atoms with E-state index in [4.69, 9.17) is 5.11 Å². The van der Waals surface area contributed by atoms with Crippen molar-refractivity contribution < 1.29 is 5.11 Å². The average Bonchev–Trinajstić information content (AvgIpc) is 1.88. The number of likely N-dealkylation sites (N-methyl/N-ethyl adjacent to an activating group) is 1. The fraction of sp³-hybridized carbons (Fsp3) is 1.00. The molecule has 0 aromatic rings. The number of alkyl halides is 1. The SMILES string of the molecule is CC(CBr)CN(C)CCO. The Morgan fingerprint density at radius 2 is 2.20 bits per heavy atom. The fourth-order valence-corrected chi connectivity index (χ4v) is 1.05. The molecule has 0 amide bonds. The second kappa shape index (κ2) is 6.13. The van der Waals surface area contributed by atoms with Crippen LogP contribution in [-0.4, -0.2) is 42.1 Å². The van der Waals surface area contributed by atoms with E-state index < -0.39 is 0 Å². The van der Waals surface area contributed by atoms with Gasteiger partial charge in [-0.25, -0.2) is 0 Å². The molecule has 1 unspecified atom stereocenters. The third kappa shape index (κ3) is 5.21. The molecule has 0 saturated heterocycles. The van der Waals surface area contributed by atoms with Crippen LogP contribution in [0.2, 0.25) is 0 Å². The maximum absolute atomic E-state index is 8.57. The first-order chi connectivity index (χ1) is 4.70. The Balaban J connectivity index is 3.27. The summed E-state index contributed by atoms with van der Waals surface area (Å²) < 4.78 is 0. The third-order valence-corrected chi connectivity index (χ3v) is 2.47. The van der Waals surface area contributed by atoms with Crippen molar-refractivity contribution >= 4 is 15.9 Å². The van der Waals surface area contributed by atoms with Gasteiger partial charge in [0, 0.05) is 18.4 Å². The monoisotopic (exact) mass is 209 g/mol. The number of halogens is 1. The summed E-state index contributed by atoms with van der Waals surface area (Å²) in [6.45, 7) is 4.26. The van der Waals surface area contributed by atoms with Gasteiger partial charge < -0.3 is 10.0 Å². The van der Waals surface area contributed by atoms with Crippen molar-refractivity contribution in [2.45, 2.75) is 6.92 Å². The van der Waals surface area contributed by atoms with Gasteiger partial charge in [0.1, 0.15) is 0 Å². The molecule has 0 aromatic heterocycles. The van der Waals surface area contributed by atoms with Crippen LogP contribution in [-0.2, 0) is 0 Å². The number of nitrogens with zero attached hydrogens (tertiary/aromatic N) is 1. The molecule has 0 bridgehead atoms. The van der Waals surface area contributed by atoms with E-state index in [0.29, 0.717) is 5.92 Å². The summed E-state index contributed by atoms with van der Waals surface area (Å²) in [6, 6.07) is 0. The molecule has 0 aliphatic carbocycles. The Hall–Kier alpha value is 0.400. The first kappa shape index (κ1) is 10.4. The number of rotatable bonds is 5. The number of hydrogen-bond donors (Lipinski definition) is 1. The van der Waals surface area contributed by atoms with Crippen LogP contribution in [0.4, 0.5) is 0 Å². The van der Waals surface area contributed by atoms with Crippen LogP contribution in [0.15, 0.2) is 0 Å². The van der Waals surface area contributed by atoms with E-state index in [1.54, 1.807) is 0 Å². The van der Waals surface area contributed by atoms with E-state index in [2.05, 4.69) is 27.8 Å².